The molecule has 2 aromatic heterocycles. The number of nitrogens with one attached hydrogen (secondary N) is 1. The summed E-state index contributed by atoms with van der Waals surface area (Å²) in [5.74, 6) is 0.143. The number of hydrogen-bond donors (Lipinski definition) is 1. The number of pyridine rings is 2. The number of para-hydroxylation sites is 1. The molecule has 154 valence electrons. The highest BCUT2D eigenvalue weighted by Crippen LogP contribution is 2.23. The lowest BCUT2D eigenvalue weighted by atomic mass is 9.95. The van der Waals surface area contributed by atoms with Crippen LogP contribution in [0, 0.1) is 12.8 Å². The summed E-state index contributed by atoms with van der Waals surface area (Å²) < 4.78 is 1.54. The fourth-order valence-electron chi connectivity index (χ4n) is 3.94. The summed E-state index contributed by atoms with van der Waals surface area (Å²) in [6.07, 6.45) is 2.82. The first-order valence-electron chi connectivity index (χ1n) is 10.1. The Labute approximate surface area is 174 Å². The topological polar surface area (TPSA) is 84.3 Å². The van der Waals surface area contributed by atoms with Crippen molar-refractivity contribution < 1.29 is 9.59 Å². The summed E-state index contributed by atoms with van der Waals surface area (Å²) in [5, 5.41) is 3.63. The second-order valence-electron chi connectivity index (χ2n) is 7.75. The molecule has 2 amide bonds. The number of fused-ring (bicyclic) bond motifs is 1. The number of hydrogen-bond acceptors (Lipinski definition) is 4. The van der Waals surface area contributed by atoms with Gasteiger partial charge in [0, 0.05) is 43.7 Å². The van der Waals surface area contributed by atoms with Crippen LogP contribution in [-0.4, -0.2) is 39.4 Å². The van der Waals surface area contributed by atoms with Gasteiger partial charge in [0.25, 0.3) is 11.5 Å². The third-order valence-corrected chi connectivity index (χ3v) is 5.70. The van der Waals surface area contributed by atoms with Crippen LogP contribution in [0.5, 0.6) is 0 Å². The maximum atomic E-state index is 13.1. The molecule has 0 aliphatic carbocycles. The number of benzene rings is 1. The van der Waals surface area contributed by atoms with Gasteiger partial charge in [0.2, 0.25) is 5.91 Å². The van der Waals surface area contributed by atoms with E-state index in [1.165, 1.54) is 6.07 Å². The summed E-state index contributed by atoms with van der Waals surface area (Å²) in [6.45, 7) is 2.89. The Hall–Kier alpha value is -3.48. The highest BCUT2D eigenvalue weighted by atomic mass is 16.2. The zero-order valence-corrected chi connectivity index (χ0v) is 17.1. The first-order chi connectivity index (χ1) is 14.4. The van der Waals surface area contributed by atoms with Crippen LogP contribution in [0.15, 0.2) is 53.5 Å². The number of piperidine rings is 1. The Balaban J connectivity index is 1.46. The smallest absolute Gasteiger partial charge is 0.254 e. The van der Waals surface area contributed by atoms with E-state index in [4.69, 9.17) is 0 Å². The van der Waals surface area contributed by atoms with Gasteiger partial charge in [0.05, 0.1) is 11.1 Å². The molecule has 3 aromatic rings. The fourth-order valence-corrected chi connectivity index (χ4v) is 3.94. The van der Waals surface area contributed by atoms with Gasteiger partial charge in [-0.15, -0.1) is 0 Å². The number of amides is 2. The molecular weight excluding hydrogens is 380 g/mol. The molecule has 7 heteroatoms. The van der Waals surface area contributed by atoms with Crippen molar-refractivity contribution in [3.05, 3.63) is 70.1 Å². The molecule has 7 nitrogen and oxygen atoms in total. The van der Waals surface area contributed by atoms with Gasteiger partial charge in [-0.3, -0.25) is 14.4 Å². The van der Waals surface area contributed by atoms with E-state index in [2.05, 4.69) is 10.3 Å². The molecule has 0 unspecified atom stereocenters. The van der Waals surface area contributed by atoms with E-state index in [-0.39, 0.29) is 23.3 Å². The van der Waals surface area contributed by atoms with Gasteiger partial charge in [0.1, 0.15) is 5.82 Å². The molecule has 1 aromatic carbocycles. The zero-order chi connectivity index (χ0) is 21.3. The monoisotopic (exact) mass is 404 g/mol. The quantitative estimate of drug-likeness (QED) is 0.728. The van der Waals surface area contributed by atoms with Gasteiger partial charge in [-0.2, -0.15) is 0 Å². The minimum Gasteiger partial charge on any atom is -0.339 e. The van der Waals surface area contributed by atoms with Gasteiger partial charge in [0.15, 0.2) is 0 Å². The van der Waals surface area contributed by atoms with Crippen molar-refractivity contribution >= 4 is 28.5 Å². The Morgan fingerprint density at radius 1 is 1.10 bits per heavy atom. The normalized spacial score (nSPS) is 14.7. The molecule has 0 spiro atoms. The van der Waals surface area contributed by atoms with E-state index in [1.807, 2.05) is 43.3 Å². The summed E-state index contributed by atoms with van der Waals surface area (Å²) in [6, 6.07) is 12.5. The molecule has 4 rings (SSSR count). The van der Waals surface area contributed by atoms with Crippen LogP contribution >= 0.6 is 0 Å². The first-order valence-corrected chi connectivity index (χ1v) is 10.1. The predicted molar refractivity (Wildman–Crippen MR) is 115 cm³/mol. The number of likely N-dealkylation sites (tertiary alicyclic amines) is 1. The van der Waals surface area contributed by atoms with E-state index in [0.717, 1.165) is 16.5 Å². The number of anilines is 1. The van der Waals surface area contributed by atoms with Crippen LogP contribution in [0.2, 0.25) is 0 Å². The van der Waals surface area contributed by atoms with Crippen LogP contribution < -0.4 is 10.9 Å². The van der Waals surface area contributed by atoms with E-state index in [9.17, 15) is 14.4 Å². The van der Waals surface area contributed by atoms with Crippen molar-refractivity contribution in [3.8, 4) is 0 Å². The first kappa shape index (κ1) is 19.8. The van der Waals surface area contributed by atoms with E-state index >= 15 is 0 Å². The average Bonchev–Trinajstić information content (AvgIpc) is 2.76. The highest BCUT2D eigenvalue weighted by molar-refractivity contribution is 6.06. The van der Waals surface area contributed by atoms with Gasteiger partial charge in [-0.05, 0) is 43.5 Å². The third-order valence-electron chi connectivity index (χ3n) is 5.70. The summed E-state index contributed by atoms with van der Waals surface area (Å²) in [7, 11) is 1.70. The van der Waals surface area contributed by atoms with Crippen molar-refractivity contribution in [3.63, 3.8) is 0 Å². The number of aryl methyl sites for hydroxylation is 2. The van der Waals surface area contributed by atoms with Gasteiger partial charge in [-0.1, -0.05) is 18.2 Å². The number of nitrogens with zero attached hydrogens (tertiary/aromatic N) is 3. The maximum Gasteiger partial charge on any atom is 0.254 e. The molecule has 1 fully saturated rings. The highest BCUT2D eigenvalue weighted by Gasteiger charge is 2.29. The summed E-state index contributed by atoms with van der Waals surface area (Å²) in [5.41, 5.74) is 1.97. The van der Waals surface area contributed by atoms with Crippen molar-refractivity contribution in [1.29, 1.82) is 0 Å². The minimum atomic E-state index is -0.211. The number of rotatable bonds is 3. The molecule has 0 bridgehead atoms. The van der Waals surface area contributed by atoms with E-state index in [0.29, 0.717) is 37.3 Å². The van der Waals surface area contributed by atoms with Crippen LogP contribution in [0.4, 0.5) is 5.82 Å². The molecule has 3 heterocycles. The second-order valence-corrected chi connectivity index (χ2v) is 7.75. The minimum absolute atomic E-state index is 0.0702. The molecule has 0 atom stereocenters. The number of carbonyl (C=O) groups is 2. The molecule has 30 heavy (non-hydrogen) atoms. The van der Waals surface area contributed by atoms with Crippen LogP contribution in [0.1, 0.15) is 28.8 Å². The van der Waals surface area contributed by atoms with E-state index < -0.39 is 0 Å². The van der Waals surface area contributed by atoms with Crippen molar-refractivity contribution in [2.75, 3.05) is 18.4 Å². The molecule has 1 N–H and O–H groups in total. The van der Waals surface area contributed by atoms with Gasteiger partial charge >= 0.3 is 0 Å². The molecule has 0 radical (unpaired) electrons. The largest absolute Gasteiger partial charge is 0.339 e. The van der Waals surface area contributed by atoms with Crippen molar-refractivity contribution in [2.45, 2.75) is 19.8 Å². The Bertz CT molecular complexity index is 1180. The lowest BCUT2D eigenvalue weighted by molar-refractivity contribution is -0.121. The SMILES string of the molecule is Cc1ccnc(NC(=O)C2CCN(C(=O)c3cc(=O)n(C)c4ccccc34)CC2)c1. The van der Waals surface area contributed by atoms with Crippen molar-refractivity contribution in [1.82, 2.24) is 14.5 Å². The Morgan fingerprint density at radius 3 is 2.57 bits per heavy atom. The summed E-state index contributed by atoms with van der Waals surface area (Å²) >= 11 is 0. The standard InChI is InChI=1S/C23H24N4O3/c1-15-7-10-24-20(13-15)25-22(29)16-8-11-27(12-9-16)23(30)18-14-21(28)26(2)19-6-4-3-5-17(18)19/h3-7,10,13-14,16H,8-9,11-12H2,1-2H3,(H,24,25,29). The average molecular weight is 404 g/mol. The van der Waals surface area contributed by atoms with Crippen LogP contribution in [-0.2, 0) is 11.8 Å². The Kier molecular flexibility index (Phi) is 5.35. The zero-order valence-electron chi connectivity index (χ0n) is 17.1. The van der Waals surface area contributed by atoms with Crippen molar-refractivity contribution in [2.24, 2.45) is 13.0 Å². The third kappa shape index (κ3) is 3.83. The molecule has 0 saturated carbocycles. The summed E-state index contributed by atoms with van der Waals surface area (Å²) in [4.78, 5) is 44.0. The number of aromatic nitrogens is 2. The van der Waals surface area contributed by atoms with E-state index in [1.54, 1.807) is 22.7 Å². The lowest BCUT2D eigenvalue weighted by Gasteiger charge is -2.31. The molecule has 1 aliphatic rings. The van der Waals surface area contributed by atoms with Crippen LogP contribution in [0.3, 0.4) is 0 Å². The molecular formula is C23H24N4O3. The maximum absolute atomic E-state index is 13.1. The fraction of sp³-hybridized carbons (Fsp3) is 0.304. The number of carbonyl (C=O) groups excluding carboxylic acids is 2. The van der Waals surface area contributed by atoms with Gasteiger partial charge < -0.3 is 14.8 Å². The molecule has 1 aliphatic heterocycles. The molecule has 1 saturated heterocycles. The van der Waals surface area contributed by atoms with Gasteiger partial charge in [-0.25, -0.2) is 4.98 Å². The second kappa shape index (κ2) is 8.10. The lowest BCUT2D eigenvalue weighted by Crippen LogP contribution is -2.42. The Morgan fingerprint density at radius 2 is 1.83 bits per heavy atom. The van der Waals surface area contributed by atoms with Crippen LogP contribution in [0.25, 0.3) is 10.9 Å². The predicted octanol–water partition coefficient (Wildman–Crippen LogP) is 2.73.